The zero-order chi connectivity index (χ0) is 21.8. The Bertz CT molecular complexity index is 915. The van der Waals surface area contributed by atoms with Crippen LogP contribution in [0.4, 0.5) is 0 Å². The van der Waals surface area contributed by atoms with Crippen molar-refractivity contribution in [3.8, 4) is 0 Å². The molecule has 1 aromatic carbocycles. The molecule has 11 heteroatoms. The van der Waals surface area contributed by atoms with Gasteiger partial charge in [-0.1, -0.05) is 24.3 Å². The highest BCUT2D eigenvalue weighted by molar-refractivity contribution is 7.92. The van der Waals surface area contributed by atoms with Crippen molar-refractivity contribution in [1.29, 1.82) is 0 Å². The Morgan fingerprint density at radius 2 is 1.83 bits per heavy atom. The summed E-state index contributed by atoms with van der Waals surface area (Å²) in [6.07, 6.45) is -1.81. The fourth-order valence-electron chi connectivity index (χ4n) is 2.74. The maximum atomic E-state index is 12.3. The van der Waals surface area contributed by atoms with E-state index in [0.717, 1.165) is 0 Å². The number of nitrogens with two attached hydrogens (primary N) is 1. The van der Waals surface area contributed by atoms with E-state index in [0.29, 0.717) is 0 Å². The van der Waals surface area contributed by atoms with E-state index in [4.69, 9.17) is 5.73 Å². The van der Waals surface area contributed by atoms with Gasteiger partial charge in [-0.25, -0.2) is 8.42 Å². The predicted octanol–water partition coefficient (Wildman–Crippen LogP) is -2.01. The zero-order valence-electron chi connectivity index (χ0n) is 15.6. The van der Waals surface area contributed by atoms with Gasteiger partial charge in [-0.3, -0.25) is 14.4 Å². The average Bonchev–Trinajstić information content (AvgIpc) is 2.65. The molecular formula is C18H23N3O7S. The van der Waals surface area contributed by atoms with Crippen LogP contribution in [-0.4, -0.2) is 66.4 Å². The van der Waals surface area contributed by atoms with Crippen LogP contribution in [0.1, 0.15) is 13.3 Å². The van der Waals surface area contributed by atoms with Gasteiger partial charge in [-0.15, -0.1) is 0 Å². The average molecular weight is 425 g/mol. The van der Waals surface area contributed by atoms with Crippen LogP contribution in [0.5, 0.6) is 0 Å². The number of hydrogen-bond donors (Lipinski definition) is 5. The summed E-state index contributed by atoms with van der Waals surface area (Å²) in [6.45, 7) is 1.38. The quantitative estimate of drug-likeness (QED) is 0.335. The number of nitrogens with one attached hydrogen (secondary N) is 2. The Hall–Kier alpha value is -2.76. The fourth-order valence-corrected chi connectivity index (χ4v) is 3.90. The lowest BCUT2D eigenvalue weighted by atomic mass is 9.90. The first-order valence-electron chi connectivity index (χ1n) is 8.75. The molecule has 0 saturated carbocycles. The van der Waals surface area contributed by atoms with Gasteiger partial charge in [0.1, 0.15) is 17.9 Å². The Morgan fingerprint density at radius 1 is 1.21 bits per heavy atom. The number of amides is 3. The molecule has 0 heterocycles. The molecule has 1 aliphatic carbocycles. The van der Waals surface area contributed by atoms with Gasteiger partial charge in [0.2, 0.25) is 17.7 Å². The van der Waals surface area contributed by atoms with Crippen molar-refractivity contribution in [2.75, 3.05) is 5.75 Å². The predicted molar refractivity (Wildman–Crippen MR) is 102 cm³/mol. The number of sulfone groups is 1. The van der Waals surface area contributed by atoms with Crippen molar-refractivity contribution in [1.82, 2.24) is 10.6 Å². The van der Waals surface area contributed by atoms with Gasteiger partial charge in [0.15, 0.2) is 9.84 Å². The molecule has 0 radical (unpaired) electrons. The minimum atomic E-state index is -3.90. The molecule has 29 heavy (non-hydrogen) atoms. The molecule has 1 aliphatic rings. The summed E-state index contributed by atoms with van der Waals surface area (Å²) >= 11 is 0. The summed E-state index contributed by atoms with van der Waals surface area (Å²) in [7, 11) is -3.90. The first-order chi connectivity index (χ1) is 13.5. The van der Waals surface area contributed by atoms with Crippen LogP contribution < -0.4 is 16.4 Å². The molecule has 0 aromatic heterocycles. The molecule has 3 amide bonds. The van der Waals surface area contributed by atoms with E-state index in [1.54, 1.807) is 6.07 Å². The van der Waals surface area contributed by atoms with E-state index >= 15 is 0 Å². The molecule has 4 atom stereocenters. The van der Waals surface area contributed by atoms with Crippen molar-refractivity contribution in [2.24, 2.45) is 5.73 Å². The van der Waals surface area contributed by atoms with E-state index in [1.165, 1.54) is 37.3 Å². The lowest BCUT2D eigenvalue weighted by Gasteiger charge is -2.31. The monoisotopic (exact) mass is 425 g/mol. The third kappa shape index (κ3) is 5.86. The standard InChI is InChI=1S/C18H23N3O7S/c1-10(17(19)25)20-18(26)11-7-13(16(24)14(22)8-11)21-15(23)9-29(27,28)12-5-3-2-4-6-12/h2-7,10,13-14,16,22,24H,8-9H2,1H3,(H2,19,25)(H,20,26)(H,21,23). The van der Waals surface area contributed by atoms with E-state index in [9.17, 15) is 33.0 Å². The van der Waals surface area contributed by atoms with E-state index in [-0.39, 0.29) is 16.9 Å². The minimum Gasteiger partial charge on any atom is -0.390 e. The maximum absolute atomic E-state index is 12.3. The molecule has 0 bridgehead atoms. The van der Waals surface area contributed by atoms with Gasteiger partial charge in [-0.2, -0.15) is 0 Å². The molecule has 158 valence electrons. The summed E-state index contributed by atoms with van der Waals surface area (Å²) in [4.78, 5) is 35.5. The first kappa shape index (κ1) is 22.5. The van der Waals surface area contributed by atoms with E-state index in [2.05, 4.69) is 10.6 Å². The topological polar surface area (TPSA) is 176 Å². The number of aliphatic hydroxyl groups excluding tert-OH is 2. The van der Waals surface area contributed by atoms with Crippen LogP contribution in [0.3, 0.4) is 0 Å². The highest BCUT2D eigenvalue weighted by Gasteiger charge is 2.34. The number of hydrogen-bond acceptors (Lipinski definition) is 7. The second kappa shape index (κ2) is 9.16. The number of benzene rings is 1. The van der Waals surface area contributed by atoms with Crippen molar-refractivity contribution >= 4 is 27.6 Å². The van der Waals surface area contributed by atoms with E-state index in [1.807, 2.05) is 0 Å². The van der Waals surface area contributed by atoms with Gasteiger partial charge < -0.3 is 26.6 Å². The second-order valence-electron chi connectivity index (χ2n) is 6.72. The van der Waals surface area contributed by atoms with Crippen LogP contribution in [0.25, 0.3) is 0 Å². The number of rotatable bonds is 7. The van der Waals surface area contributed by atoms with Crippen molar-refractivity contribution in [2.45, 2.75) is 42.5 Å². The van der Waals surface area contributed by atoms with Crippen molar-refractivity contribution < 1.29 is 33.0 Å². The van der Waals surface area contributed by atoms with Crippen LogP contribution in [0, 0.1) is 0 Å². The largest absolute Gasteiger partial charge is 0.390 e. The molecule has 6 N–H and O–H groups in total. The second-order valence-corrected chi connectivity index (χ2v) is 8.71. The van der Waals surface area contributed by atoms with Gasteiger partial charge in [0.25, 0.3) is 0 Å². The fraction of sp³-hybridized carbons (Fsp3) is 0.389. The van der Waals surface area contributed by atoms with Gasteiger partial charge in [-0.05, 0) is 19.1 Å². The molecule has 10 nitrogen and oxygen atoms in total. The maximum Gasteiger partial charge on any atom is 0.247 e. The lowest BCUT2D eigenvalue weighted by molar-refractivity contribution is -0.125. The number of carbonyl (C=O) groups excluding carboxylic acids is 3. The first-order valence-corrected chi connectivity index (χ1v) is 10.4. The number of primary amides is 1. The molecular weight excluding hydrogens is 402 g/mol. The summed E-state index contributed by atoms with van der Waals surface area (Å²) < 4.78 is 24.6. The Balaban J connectivity index is 2.11. The molecule has 0 saturated heterocycles. The number of aliphatic hydroxyl groups is 2. The highest BCUT2D eigenvalue weighted by Crippen LogP contribution is 2.20. The van der Waals surface area contributed by atoms with Crippen molar-refractivity contribution in [3.05, 3.63) is 42.0 Å². The van der Waals surface area contributed by atoms with E-state index < -0.39 is 57.6 Å². The molecule has 0 spiro atoms. The van der Waals surface area contributed by atoms with Crippen LogP contribution in [0.15, 0.2) is 46.9 Å². The summed E-state index contributed by atoms with van der Waals surface area (Å²) in [5.41, 5.74) is 5.11. The van der Waals surface area contributed by atoms with Crippen LogP contribution in [-0.2, 0) is 24.2 Å². The summed E-state index contributed by atoms with van der Waals surface area (Å²) in [6, 6.07) is 5.22. The molecule has 2 rings (SSSR count). The van der Waals surface area contributed by atoms with Gasteiger partial charge in [0, 0.05) is 12.0 Å². The lowest BCUT2D eigenvalue weighted by Crippen LogP contribution is -2.52. The third-order valence-corrected chi connectivity index (χ3v) is 6.02. The molecule has 0 fully saturated rings. The molecule has 1 aromatic rings. The SMILES string of the molecule is CC(NC(=O)C1=CC(NC(=O)CS(=O)(=O)c2ccccc2)C(O)C(O)C1)C(N)=O. The highest BCUT2D eigenvalue weighted by atomic mass is 32.2. The van der Waals surface area contributed by atoms with Gasteiger partial charge >= 0.3 is 0 Å². The van der Waals surface area contributed by atoms with Crippen LogP contribution >= 0.6 is 0 Å². The molecule has 4 unspecified atom stereocenters. The smallest absolute Gasteiger partial charge is 0.247 e. The summed E-state index contributed by atoms with van der Waals surface area (Å²) in [5.74, 6) is -3.23. The zero-order valence-corrected chi connectivity index (χ0v) is 16.4. The third-order valence-electron chi connectivity index (χ3n) is 4.39. The van der Waals surface area contributed by atoms with Crippen LogP contribution in [0.2, 0.25) is 0 Å². The summed E-state index contributed by atoms with van der Waals surface area (Å²) in [5, 5.41) is 24.8. The number of carbonyl (C=O) groups is 3. The minimum absolute atomic E-state index is 0.0205. The van der Waals surface area contributed by atoms with Crippen molar-refractivity contribution in [3.63, 3.8) is 0 Å². The Morgan fingerprint density at radius 3 is 2.41 bits per heavy atom. The van der Waals surface area contributed by atoms with Gasteiger partial charge in [0.05, 0.1) is 17.0 Å². The Kier molecular flexibility index (Phi) is 7.11. The molecule has 0 aliphatic heterocycles. The Labute approximate surface area is 167 Å². The normalized spacial score (nSPS) is 22.9.